The van der Waals surface area contributed by atoms with Crippen molar-refractivity contribution in [2.45, 2.75) is 12.7 Å². The number of nitrogens with one attached hydrogen (secondary N) is 2. The Balaban J connectivity index is 1.93. The average molecular weight is 427 g/mol. The van der Waals surface area contributed by atoms with Crippen molar-refractivity contribution in [3.05, 3.63) is 58.6 Å². The first kappa shape index (κ1) is 19.4. The third kappa shape index (κ3) is 6.49. The number of hydrogen-bond acceptors (Lipinski definition) is 4. The quantitative estimate of drug-likeness (QED) is 0.679. The number of carbonyl (C=O) groups is 1. The van der Waals surface area contributed by atoms with Crippen LogP contribution in [0.1, 0.15) is 12.5 Å². The van der Waals surface area contributed by atoms with E-state index in [4.69, 9.17) is 4.74 Å². The van der Waals surface area contributed by atoms with Gasteiger partial charge in [0.15, 0.2) is 0 Å². The number of carbonyl (C=O) groups excluding carboxylic acids is 1. The van der Waals surface area contributed by atoms with E-state index in [1.807, 2.05) is 13.0 Å². The topological polar surface area (TPSA) is 84.5 Å². The van der Waals surface area contributed by atoms with E-state index in [-0.39, 0.29) is 12.3 Å². The molecule has 6 nitrogen and oxygen atoms in total. The summed E-state index contributed by atoms with van der Waals surface area (Å²) >= 11 is 3.30. The molecule has 0 aliphatic heterocycles. The van der Waals surface area contributed by atoms with Crippen LogP contribution >= 0.6 is 15.9 Å². The summed E-state index contributed by atoms with van der Waals surface area (Å²) in [5, 5.41) is 2.64. The molecule has 0 aliphatic carbocycles. The molecule has 0 spiro atoms. The number of sulfonamides is 1. The maximum atomic E-state index is 12.1. The molecule has 2 N–H and O–H groups in total. The number of anilines is 1. The standard InChI is InChI=1S/C17H19BrN2O4S/c1-2-24-16-9-4-3-8-15(16)20-17(21)11-19-25(22,23)12-13-6-5-7-14(18)10-13/h3-10,19H,2,11-12H2,1H3,(H,20,21). The molecule has 25 heavy (non-hydrogen) atoms. The van der Waals surface area contributed by atoms with E-state index < -0.39 is 15.9 Å². The van der Waals surface area contributed by atoms with Crippen molar-refractivity contribution in [3.63, 3.8) is 0 Å². The molecule has 2 aromatic rings. The van der Waals surface area contributed by atoms with Crippen LogP contribution in [0, 0.1) is 0 Å². The first-order valence-electron chi connectivity index (χ1n) is 7.63. The van der Waals surface area contributed by atoms with Gasteiger partial charge in [-0.2, -0.15) is 0 Å². The average Bonchev–Trinajstić information content (AvgIpc) is 2.55. The van der Waals surface area contributed by atoms with Crippen molar-refractivity contribution in [2.24, 2.45) is 0 Å². The van der Waals surface area contributed by atoms with Crippen LogP contribution in [0.25, 0.3) is 0 Å². The van der Waals surface area contributed by atoms with Gasteiger partial charge in [-0.3, -0.25) is 4.79 Å². The zero-order valence-electron chi connectivity index (χ0n) is 13.7. The highest BCUT2D eigenvalue weighted by Gasteiger charge is 2.14. The van der Waals surface area contributed by atoms with Gasteiger partial charge >= 0.3 is 0 Å². The van der Waals surface area contributed by atoms with Crippen LogP contribution in [0.2, 0.25) is 0 Å². The van der Waals surface area contributed by atoms with Crippen LogP contribution in [0.4, 0.5) is 5.69 Å². The second-order valence-electron chi connectivity index (χ2n) is 5.19. The maximum absolute atomic E-state index is 12.1. The SMILES string of the molecule is CCOc1ccccc1NC(=O)CNS(=O)(=O)Cc1cccc(Br)c1. The highest BCUT2D eigenvalue weighted by molar-refractivity contribution is 9.10. The second kappa shape index (κ2) is 8.98. The lowest BCUT2D eigenvalue weighted by Crippen LogP contribution is -2.33. The molecule has 0 heterocycles. The number of ether oxygens (including phenoxy) is 1. The molecule has 0 atom stereocenters. The third-order valence-corrected chi connectivity index (χ3v) is 4.95. The van der Waals surface area contributed by atoms with Gasteiger partial charge in [-0.1, -0.05) is 40.2 Å². The van der Waals surface area contributed by atoms with E-state index >= 15 is 0 Å². The highest BCUT2D eigenvalue weighted by Crippen LogP contribution is 2.23. The van der Waals surface area contributed by atoms with E-state index in [0.29, 0.717) is 23.6 Å². The predicted octanol–water partition coefficient (Wildman–Crippen LogP) is 2.91. The summed E-state index contributed by atoms with van der Waals surface area (Å²) in [6.45, 7) is 1.96. The molecule has 134 valence electrons. The zero-order chi connectivity index (χ0) is 18.3. The highest BCUT2D eigenvalue weighted by atomic mass is 79.9. The van der Waals surface area contributed by atoms with Gasteiger partial charge in [-0.05, 0) is 36.8 Å². The van der Waals surface area contributed by atoms with Gasteiger partial charge in [0.25, 0.3) is 0 Å². The lowest BCUT2D eigenvalue weighted by atomic mass is 10.2. The monoisotopic (exact) mass is 426 g/mol. The van der Waals surface area contributed by atoms with Crippen LogP contribution in [0.15, 0.2) is 53.0 Å². The lowest BCUT2D eigenvalue weighted by molar-refractivity contribution is -0.115. The molecular formula is C17H19BrN2O4S. The number of amides is 1. The Hall–Kier alpha value is -1.90. The fourth-order valence-corrected chi connectivity index (χ4v) is 3.64. The third-order valence-electron chi connectivity index (χ3n) is 3.16. The van der Waals surface area contributed by atoms with Crippen LogP contribution in [0.3, 0.4) is 0 Å². The fraction of sp³-hybridized carbons (Fsp3) is 0.235. The molecule has 0 unspecified atom stereocenters. The summed E-state index contributed by atoms with van der Waals surface area (Å²) in [4.78, 5) is 12.0. The first-order chi connectivity index (χ1) is 11.9. The van der Waals surface area contributed by atoms with Crippen molar-refractivity contribution in [3.8, 4) is 5.75 Å². The number of halogens is 1. The Bertz CT molecular complexity index is 840. The van der Waals surface area contributed by atoms with Crippen LogP contribution in [-0.4, -0.2) is 27.5 Å². The van der Waals surface area contributed by atoms with Crippen molar-refractivity contribution in [2.75, 3.05) is 18.5 Å². The van der Waals surface area contributed by atoms with Crippen molar-refractivity contribution in [1.82, 2.24) is 4.72 Å². The molecule has 0 saturated carbocycles. The van der Waals surface area contributed by atoms with Crippen molar-refractivity contribution < 1.29 is 17.9 Å². The van der Waals surface area contributed by atoms with Gasteiger partial charge in [-0.15, -0.1) is 0 Å². The first-order valence-corrected chi connectivity index (χ1v) is 10.1. The minimum Gasteiger partial charge on any atom is -0.492 e. The van der Waals surface area contributed by atoms with Gasteiger partial charge < -0.3 is 10.1 Å². The lowest BCUT2D eigenvalue weighted by Gasteiger charge is -2.12. The smallest absolute Gasteiger partial charge is 0.239 e. The number of para-hydroxylation sites is 2. The van der Waals surface area contributed by atoms with Crippen molar-refractivity contribution >= 4 is 37.5 Å². The largest absolute Gasteiger partial charge is 0.492 e. The van der Waals surface area contributed by atoms with Gasteiger partial charge in [0.2, 0.25) is 15.9 Å². The van der Waals surface area contributed by atoms with Gasteiger partial charge in [-0.25, -0.2) is 13.1 Å². The minimum atomic E-state index is -3.62. The van der Waals surface area contributed by atoms with Gasteiger partial charge in [0.05, 0.1) is 24.6 Å². The Morgan fingerprint density at radius 2 is 1.92 bits per heavy atom. The molecule has 0 aliphatic rings. The summed E-state index contributed by atoms with van der Waals surface area (Å²) in [5.74, 6) is -0.129. The molecule has 8 heteroatoms. The van der Waals surface area contributed by atoms with Crippen LogP contribution in [-0.2, 0) is 20.6 Å². The Labute approximate surface area is 155 Å². The zero-order valence-corrected chi connectivity index (χ0v) is 16.1. The summed E-state index contributed by atoms with van der Waals surface area (Å²) in [6.07, 6.45) is 0. The molecular weight excluding hydrogens is 408 g/mol. The van der Waals surface area contributed by atoms with Crippen LogP contribution in [0.5, 0.6) is 5.75 Å². The number of hydrogen-bond donors (Lipinski definition) is 2. The second-order valence-corrected chi connectivity index (χ2v) is 7.91. The van der Waals surface area contributed by atoms with E-state index in [9.17, 15) is 13.2 Å². The maximum Gasteiger partial charge on any atom is 0.239 e. The minimum absolute atomic E-state index is 0.199. The molecule has 2 rings (SSSR count). The normalized spacial score (nSPS) is 11.1. The Morgan fingerprint density at radius 3 is 2.64 bits per heavy atom. The molecule has 1 amide bonds. The fourth-order valence-electron chi connectivity index (χ4n) is 2.12. The summed E-state index contributed by atoms with van der Waals surface area (Å²) in [5.41, 5.74) is 1.13. The van der Waals surface area contributed by atoms with E-state index in [0.717, 1.165) is 4.47 Å². The predicted molar refractivity (Wildman–Crippen MR) is 101 cm³/mol. The van der Waals surface area contributed by atoms with Gasteiger partial charge in [0.1, 0.15) is 5.75 Å². The van der Waals surface area contributed by atoms with Crippen molar-refractivity contribution in [1.29, 1.82) is 0 Å². The summed E-state index contributed by atoms with van der Waals surface area (Å²) < 4.78 is 32.7. The Morgan fingerprint density at radius 1 is 1.16 bits per heavy atom. The van der Waals surface area contributed by atoms with Gasteiger partial charge in [0, 0.05) is 4.47 Å². The molecule has 0 bridgehead atoms. The van der Waals surface area contributed by atoms with E-state index in [2.05, 4.69) is 26.0 Å². The molecule has 0 aromatic heterocycles. The molecule has 0 saturated heterocycles. The summed E-state index contributed by atoms with van der Waals surface area (Å²) in [7, 11) is -3.62. The van der Waals surface area contributed by atoms with E-state index in [1.54, 1.807) is 42.5 Å². The Kier molecular flexibility index (Phi) is 6.98. The molecule has 2 aromatic carbocycles. The van der Waals surface area contributed by atoms with E-state index in [1.165, 1.54) is 0 Å². The molecule has 0 radical (unpaired) electrons. The van der Waals surface area contributed by atoms with Crippen LogP contribution < -0.4 is 14.8 Å². The number of benzene rings is 2. The summed E-state index contributed by atoms with van der Waals surface area (Å²) in [6, 6.07) is 14.0. The number of rotatable bonds is 8. The molecule has 0 fully saturated rings.